The maximum Gasteiger partial charge on any atom is 0.280 e. The number of nitrogens with zero attached hydrogens (tertiary/aromatic N) is 3. The van der Waals surface area contributed by atoms with E-state index in [1.165, 1.54) is 6.07 Å². The van der Waals surface area contributed by atoms with Crippen LogP contribution in [0.4, 0.5) is 5.69 Å². The molecule has 2 rings (SSSR count). The smallest absolute Gasteiger partial charge is 0.280 e. The molecule has 0 amide bonds. The van der Waals surface area contributed by atoms with Gasteiger partial charge in [0.2, 0.25) is 11.7 Å². The predicted molar refractivity (Wildman–Crippen MR) is 72.9 cm³/mol. The Labute approximate surface area is 116 Å². The predicted octanol–water partition coefficient (Wildman–Crippen LogP) is 2.39. The van der Waals surface area contributed by atoms with E-state index in [2.05, 4.69) is 29.3 Å². The first-order valence-corrected chi connectivity index (χ1v) is 6.35. The quantitative estimate of drug-likeness (QED) is 0.643. The maximum absolute atomic E-state index is 11.0. The van der Waals surface area contributed by atoms with Gasteiger partial charge in [-0.25, -0.2) is 0 Å². The molecule has 0 fully saturated rings. The minimum atomic E-state index is -0.456. The van der Waals surface area contributed by atoms with Crippen molar-refractivity contribution in [3.63, 3.8) is 0 Å². The van der Waals surface area contributed by atoms with Gasteiger partial charge in [-0.1, -0.05) is 31.1 Å². The highest BCUT2D eigenvalue weighted by Crippen LogP contribution is 2.26. The lowest BCUT2D eigenvalue weighted by Crippen LogP contribution is -2.19. The molecule has 106 valence electrons. The van der Waals surface area contributed by atoms with Crippen molar-refractivity contribution in [2.24, 2.45) is 5.92 Å². The molecule has 0 unspecified atom stereocenters. The van der Waals surface area contributed by atoms with Gasteiger partial charge in [0.25, 0.3) is 5.69 Å². The van der Waals surface area contributed by atoms with E-state index in [9.17, 15) is 10.1 Å². The Kier molecular flexibility index (Phi) is 4.41. The minimum absolute atomic E-state index is 0.0324. The molecule has 0 aliphatic carbocycles. The topological polar surface area (TPSA) is 94.1 Å². The van der Waals surface area contributed by atoms with Crippen molar-refractivity contribution in [1.82, 2.24) is 15.5 Å². The molecule has 0 aliphatic rings. The van der Waals surface area contributed by atoms with Crippen LogP contribution in [0.5, 0.6) is 0 Å². The Bertz CT molecular complexity index is 595. The highest BCUT2D eigenvalue weighted by atomic mass is 16.6. The number of benzene rings is 1. The first kappa shape index (κ1) is 14.1. The van der Waals surface area contributed by atoms with Gasteiger partial charge < -0.3 is 9.84 Å². The SMILES string of the molecule is CC(C)CNCc1nc(-c2ccccc2[N+](=O)[O-])no1. The number of nitrogens with one attached hydrogen (secondary N) is 1. The van der Waals surface area contributed by atoms with Crippen LogP contribution in [0, 0.1) is 16.0 Å². The number of rotatable bonds is 6. The van der Waals surface area contributed by atoms with Crippen LogP contribution in [0.15, 0.2) is 28.8 Å². The second-order valence-electron chi connectivity index (χ2n) is 4.81. The molecular formula is C13H16N4O3. The maximum atomic E-state index is 11.0. The standard InChI is InChI=1S/C13H16N4O3/c1-9(2)7-14-8-12-15-13(16-20-12)10-5-3-4-6-11(10)17(18)19/h3-6,9,14H,7-8H2,1-2H3. The number of aromatic nitrogens is 2. The zero-order valence-corrected chi connectivity index (χ0v) is 11.4. The summed E-state index contributed by atoms with van der Waals surface area (Å²) in [5.74, 6) is 1.17. The molecule has 0 radical (unpaired) electrons. The molecule has 7 nitrogen and oxygen atoms in total. The van der Waals surface area contributed by atoms with E-state index < -0.39 is 4.92 Å². The zero-order chi connectivity index (χ0) is 14.5. The number of nitro benzene ring substituents is 1. The van der Waals surface area contributed by atoms with Crippen LogP contribution in [0.25, 0.3) is 11.4 Å². The second-order valence-corrected chi connectivity index (χ2v) is 4.81. The normalized spacial score (nSPS) is 10.9. The summed E-state index contributed by atoms with van der Waals surface area (Å²) in [6, 6.07) is 6.33. The van der Waals surface area contributed by atoms with Gasteiger partial charge >= 0.3 is 0 Å². The summed E-state index contributed by atoms with van der Waals surface area (Å²) in [4.78, 5) is 14.7. The lowest BCUT2D eigenvalue weighted by atomic mass is 10.2. The fraction of sp³-hybridized carbons (Fsp3) is 0.385. The van der Waals surface area contributed by atoms with Gasteiger partial charge in [-0.3, -0.25) is 10.1 Å². The van der Waals surface area contributed by atoms with Crippen LogP contribution in [0.3, 0.4) is 0 Å². The van der Waals surface area contributed by atoms with Crippen molar-refractivity contribution in [3.8, 4) is 11.4 Å². The third-order valence-corrected chi connectivity index (χ3v) is 2.64. The molecule has 1 aromatic carbocycles. The van der Waals surface area contributed by atoms with Gasteiger partial charge in [0.05, 0.1) is 11.5 Å². The summed E-state index contributed by atoms with van der Waals surface area (Å²) < 4.78 is 5.09. The van der Waals surface area contributed by atoms with Gasteiger partial charge in [0.1, 0.15) is 5.56 Å². The number of para-hydroxylation sites is 1. The summed E-state index contributed by atoms with van der Waals surface area (Å²) in [6.07, 6.45) is 0. The molecule has 0 bridgehead atoms. The number of hydrogen-bond donors (Lipinski definition) is 1. The third kappa shape index (κ3) is 3.39. The molecular weight excluding hydrogens is 260 g/mol. The molecule has 20 heavy (non-hydrogen) atoms. The number of nitro groups is 1. The summed E-state index contributed by atoms with van der Waals surface area (Å²) in [7, 11) is 0. The van der Waals surface area contributed by atoms with Crippen LogP contribution in [0.2, 0.25) is 0 Å². The van der Waals surface area contributed by atoms with Crippen molar-refractivity contribution >= 4 is 5.69 Å². The highest BCUT2D eigenvalue weighted by molar-refractivity contribution is 5.67. The molecule has 0 saturated carbocycles. The largest absolute Gasteiger partial charge is 0.338 e. The van der Waals surface area contributed by atoms with Gasteiger partial charge in [-0.15, -0.1) is 0 Å². The third-order valence-electron chi connectivity index (χ3n) is 2.64. The van der Waals surface area contributed by atoms with Crippen LogP contribution in [0.1, 0.15) is 19.7 Å². The first-order chi connectivity index (χ1) is 9.58. The van der Waals surface area contributed by atoms with Crippen molar-refractivity contribution in [2.45, 2.75) is 20.4 Å². The molecule has 0 aliphatic heterocycles. The van der Waals surface area contributed by atoms with Crippen LogP contribution >= 0.6 is 0 Å². The molecule has 0 saturated heterocycles. The summed E-state index contributed by atoms with van der Waals surface area (Å²) in [6.45, 7) is 5.48. The van der Waals surface area contributed by atoms with Crippen molar-refractivity contribution < 1.29 is 9.45 Å². The van der Waals surface area contributed by atoms with Crippen LogP contribution in [-0.4, -0.2) is 21.6 Å². The summed E-state index contributed by atoms with van der Waals surface area (Å²) in [5, 5.41) is 17.9. The van der Waals surface area contributed by atoms with E-state index in [0.29, 0.717) is 23.9 Å². The Morgan fingerprint density at radius 1 is 1.40 bits per heavy atom. The lowest BCUT2D eigenvalue weighted by molar-refractivity contribution is -0.384. The highest BCUT2D eigenvalue weighted by Gasteiger charge is 2.18. The fourth-order valence-corrected chi connectivity index (χ4v) is 1.73. The first-order valence-electron chi connectivity index (χ1n) is 6.35. The number of hydrogen-bond acceptors (Lipinski definition) is 6. The molecule has 1 N–H and O–H groups in total. The Hall–Kier alpha value is -2.28. The Morgan fingerprint density at radius 2 is 2.15 bits per heavy atom. The zero-order valence-electron chi connectivity index (χ0n) is 11.4. The van der Waals surface area contributed by atoms with Crippen molar-refractivity contribution in [2.75, 3.05) is 6.54 Å². The van der Waals surface area contributed by atoms with E-state index >= 15 is 0 Å². The fourth-order valence-electron chi connectivity index (χ4n) is 1.73. The van der Waals surface area contributed by atoms with Crippen LogP contribution < -0.4 is 5.32 Å². The van der Waals surface area contributed by atoms with E-state index in [0.717, 1.165) is 6.54 Å². The Morgan fingerprint density at radius 3 is 2.85 bits per heavy atom. The minimum Gasteiger partial charge on any atom is -0.338 e. The van der Waals surface area contributed by atoms with Gasteiger partial charge in [-0.2, -0.15) is 4.98 Å². The van der Waals surface area contributed by atoms with E-state index in [-0.39, 0.29) is 11.5 Å². The summed E-state index contributed by atoms with van der Waals surface area (Å²) >= 11 is 0. The average Bonchev–Trinajstić information content (AvgIpc) is 2.87. The van der Waals surface area contributed by atoms with Crippen molar-refractivity contribution in [1.29, 1.82) is 0 Å². The van der Waals surface area contributed by atoms with E-state index in [4.69, 9.17) is 4.52 Å². The van der Waals surface area contributed by atoms with Gasteiger partial charge in [0.15, 0.2) is 0 Å². The molecule has 7 heteroatoms. The average molecular weight is 276 g/mol. The molecule has 1 heterocycles. The van der Waals surface area contributed by atoms with E-state index in [1.807, 2.05) is 0 Å². The molecule has 0 spiro atoms. The Balaban J connectivity index is 2.15. The molecule has 0 atom stereocenters. The summed E-state index contributed by atoms with van der Waals surface area (Å²) in [5.41, 5.74) is 0.325. The lowest BCUT2D eigenvalue weighted by Gasteiger charge is -2.03. The second kappa shape index (κ2) is 6.25. The van der Waals surface area contributed by atoms with Gasteiger partial charge in [-0.05, 0) is 18.5 Å². The van der Waals surface area contributed by atoms with Gasteiger partial charge in [0, 0.05) is 6.07 Å². The van der Waals surface area contributed by atoms with E-state index in [1.54, 1.807) is 18.2 Å². The monoisotopic (exact) mass is 276 g/mol. The molecule has 2 aromatic rings. The molecule has 1 aromatic heterocycles. The van der Waals surface area contributed by atoms with Crippen molar-refractivity contribution in [3.05, 3.63) is 40.3 Å². The van der Waals surface area contributed by atoms with Crippen LogP contribution in [-0.2, 0) is 6.54 Å².